The van der Waals surface area contributed by atoms with Crippen LogP contribution < -0.4 is 0 Å². The van der Waals surface area contributed by atoms with Crippen LogP contribution in [0.25, 0.3) is 0 Å². The molecule has 1 aromatic heterocycles. The number of rotatable bonds is 2. The summed E-state index contributed by atoms with van der Waals surface area (Å²) in [6, 6.07) is 0.549. The Kier molecular flexibility index (Phi) is 3.03. The number of aromatic nitrogens is 3. The average Bonchev–Trinajstić information content (AvgIpc) is 3.09. The molecule has 1 unspecified atom stereocenters. The van der Waals surface area contributed by atoms with E-state index >= 15 is 0 Å². The lowest BCUT2D eigenvalue weighted by Gasteiger charge is -2.23. The molecular weight excluding hydrogens is 230 g/mol. The van der Waals surface area contributed by atoms with Gasteiger partial charge in [0.15, 0.2) is 5.69 Å². The monoisotopic (exact) mass is 249 g/mol. The standard InChI is InChI=1S/C12H19N5O/c1-15-9-11(13-14-15)12(18)17-7-4-10(8-17)16-5-2-3-6-16/h9-10H,2-8H2,1H3. The summed E-state index contributed by atoms with van der Waals surface area (Å²) in [7, 11) is 1.78. The van der Waals surface area contributed by atoms with Gasteiger partial charge in [-0.1, -0.05) is 5.21 Å². The molecule has 1 atom stereocenters. The molecule has 0 bridgehead atoms. The van der Waals surface area contributed by atoms with Crippen LogP contribution in [-0.4, -0.2) is 62.9 Å². The van der Waals surface area contributed by atoms with E-state index in [-0.39, 0.29) is 5.91 Å². The van der Waals surface area contributed by atoms with E-state index in [9.17, 15) is 4.79 Å². The minimum Gasteiger partial charge on any atom is -0.336 e. The van der Waals surface area contributed by atoms with Gasteiger partial charge in [0.05, 0.1) is 6.20 Å². The third-order valence-electron chi connectivity index (χ3n) is 3.93. The molecule has 0 radical (unpaired) electrons. The third-order valence-corrected chi connectivity index (χ3v) is 3.93. The smallest absolute Gasteiger partial charge is 0.276 e. The molecule has 3 rings (SSSR count). The van der Waals surface area contributed by atoms with Gasteiger partial charge in [-0.05, 0) is 32.4 Å². The van der Waals surface area contributed by atoms with Crippen molar-refractivity contribution in [3.8, 4) is 0 Å². The van der Waals surface area contributed by atoms with Gasteiger partial charge in [0.25, 0.3) is 5.91 Å². The van der Waals surface area contributed by atoms with Crippen molar-refractivity contribution in [2.45, 2.75) is 25.3 Å². The Balaban J connectivity index is 1.63. The van der Waals surface area contributed by atoms with Crippen LogP contribution in [0.15, 0.2) is 6.20 Å². The fourth-order valence-electron chi connectivity index (χ4n) is 2.94. The highest BCUT2D eigenvalue weighted by molar-refractivity contribution is 5.92. The van der Waals surface area contributed by atoms with Gasteiger partial charge >= 0.3 is 0 Å². The summed E-state index contributed by atoms with van der Waals surface area (Å²) < 4.78 is 1.57. The van der Waals surface area contributed by atoms with Crippen LogP contribution in [0.4, 0.5) is 0 Å². The van der Waals surface area contributed by atoms with Crippen molar-refractivity contribution in [2.75, 3.05) is 26.2 Å². The Morgan fingerprint density at radius 1 is 1.33 bits per heavy atom. The van der Waals surface area contributed by atoms with Crippen molar-refractivity contribution in [3.63, 3.8) is 0 Å². The molecular formula is C12H19N5O. The van der Waals surface area contributed by atoms with E-state index in [0.29, 0.717) is 11.7 Å². The lowest BCUT2D eigenvalue weighted by Crippen LogP contribution is -2.37. The van der Waals surface area contributed by atoms with Gasteiger partial charge in [-0.25, -0.2) is 0 Å². The van der Waals surface area contributed by atoms with Gasteiger partial charge in [0.1, 0.15) is 0 Å². The topological polar surface area (TPSA) is 54.3 Å². The Hall–Kier alpha value is -1.43. The molecule has 6 nitrogen and oxygen atoms in total. The molecule has 1 amide bonds. The second-order valence-corrected chi connectivity index (χ2v) is 5.21. The second-order valence-electron chi connectivity index (χ2n) is 5.21. The summed E-state index contributed by atoms with van der Waals surface area (Å²) in [5.74, 6) is 0.0183. The van der Waals surface area contributed by atoms with Crippen LogP contribution in [0, 0.1) is 0 Å². The Morgan fingerprint density at radius 2 is 2.11 bits per heavy atom. The van der Waals surface area contributed by atoms with Crippen molar-refractivity contribution in [1.29, 1.82) is 0 Å². The Labute approximate surface area is 107 Å². The van der Waals surface area contributed by atoms with Gasteiger partial charge in [0.2, 0.25) is 0 Å². The Morgan fingerprint density at radius 3 is 2.78 bits per heavy atom. The molecule has 98 valence electrons. The van der Waals surface area contributed by atoms with Crippen LogP contribution in [-0.2, 0) is 7.05 Å². The lowest BCUT2D eigenvalue weighted by molar-refractivity contribution is 0.0774. The van der Waals surface area contributed by atoms with Crippen LogP contribution in [0.2, 0.25) is 0 Å². The van der Waals surface area contributed by atoms with Crippen LogP contribution in [0.5, 0.6) is 0 Å². The average molecular weight is 249 g/mol. The highest BCUT2D eigenvalue weighted by Gasteiger charge is 2.32. The minimum atomic E-state index is 0.0183. The second kappa shape index (κ2) is 4.68. The lowest BCUT2D eigenvalue weighted by atomic mass is 10.2. The minimum absolute atomic E-state index is 0.0183. The zero-order valence-electron chi connectivity index (χ0n) is 10.7. The maximum Gasteiger partial charge on any atom is 0.276 e. The highest BCUT2D eigenvalue weighted by atomic mass is 16.2. The quantitative estimate of drug-likeness (QED) is 0.747. The molecule has 2 saturated heterocycles. The number of amides is 1. The van der Waals surface area contributed by atoms with E-state index in [1.54, 1.807) is 17.9 Å². The summed E-state index contributed by atoms with van der Waals surface area (Å²) in [6.07, 6.45) is 5.38. The predicted molar refractivity (Wildman–Crippen MR) is 66.1 cm³/mol. The summed E-state index contributed by atoms with van der Waals surface area (Å²) in [5, 5.41) is 7.71. The molecule has 1 aromatic rings. The summed E-state index contributed by atoms with van der Waals surface area (Å²) >= 11 is 0. The molecule has 6 heteroatoms. The molecule has 3 heterocycles. The van der Waals surface area contributed by atoms with Crippen molar-refractivity contribution >= 4 is 5.91 Å². The number of hydrogen-bond donors (Lipinski definition) is 0. The molecule has 0 saturated carbocycles. The predicted octanol–water partition coefficient (Wildman–Crippen LogP) is 0.125. The first kappa shape index (κ1) is 11.6. The van der Waals surface area contributed by atoms with Crippen LogP contribution in [0.3, 0.4) is 0 Å². The highest BCUT2D eigenvalue weighted by Crippen LogP contribution is 2.21. The number of carbonyl (C=O) groups excluding carboxylic acids is 1. The maximum absolute atomic E-state index is 12.2. The van der Waals surface area contributed by atoms with Gasteiger partial charge in [-0.2, -0.15) is 0 Å². The van der Waals surface area contributed by atoms with E-state index in [1.165, 1.54) is 25.9 Å². The van der Waals surface area contributed by atoms with E-state index < -0.39 is 0 Å². The van der Waals surface area contributed by atoms with Gasteiger partial charge in [-0.15, -0.1) is 5.10 Å². The van der Waals surface area contributed by atoms with Gasteiger partial charge in [-0.3, -0.25) is 14.4 Å². The molecule has 2 fully saturated rings. The summed E-state index contributed by atoms with van der Waals surface area (Å²) in [4.78, 5) is 16.6. The van der Waals surface area contributed by atoms with E-state index in [2.05, 4.69) is 15.2 Å². The Bertz CT molecular complexity index is 437. The molecule has 0 N–H and O–H groups in total. The SMILES string of the molecule is Cn1cc(C(=O)N2CCC(N3CCCC3)C2)nn1. The first-order valence-corrected chi connectivity index (χ1v) is 6.64. The van der Waals surface area contributed by atoms with Gasteiger partial charge in [0, 0.05) is 26.2 Å². The van der Waals surface area contributed by atoms with Crippen LogP contribution in [0.1, 0.15) is 29.8 Å². The summed E-state index contributed by atoms with van der Waals surface area (Å²) in [6.45, 7) is 4.07. The van der Waals surface area contributed by atoms with Crippen molar-refractivity contribution in [3.05, 3.63) is 11.9 Å². The van der Waals surface area contributed by atoms with Crippen molar-refractivity contribution in [2.24, 2.45) is 7.05 Å². The summed E-state index contributed by atoms with van der Waals surface area (Å²) in [5.41, 5.74) is 0.458. The molecule has 2 aliphatic rings. The zero-order valence-corrected chi connectivity index (χ0v) is 10.7. The van der Waals surface area contributed by atoms with Crippen molar-refractivity contribution in [1.82, 2.24) is 24.8 Å². The van der Waals surface area contributed by atoms with Crippen molar-refractivity contribution < 1.29 is 4.79 Å². The van der Waals surface area contributed by atoms with E-state index in [1.807, 2.05) is 4.90 Å². The third kappa shape index (κ3) is 2.12. The number of hydrogen-bond acceptors (Lipinski definition) is 4. The van der Waals surface area contributed by atoms with E-state index in [0.717, 1.165) is 19.5 Å². The number of likely N-dealkylation sites (tertiary alicyclic amines) is 2. The molecule has 0 aliphatic carbocycles. The molecule has 0 aromatic carbocycles. The largest absolute Gasteiger partial charge is 0.336 e. The number of carbonyl (C=O) groups is 1. The first-order valence-electron chi connectivity index (χ1n) is 6.64. The zero-order chi connectivity index (χ0) is 12.5. The number of nitrogens with zero attached hydrogens (tertiary/aromatic N) is 5. The van der Waals surface area contributed by atoms with Crippen LogP contribution >= 0.6 is 0 Å². The molecule has 18 heavy (non-hydrogen) atoms. The first-order chi connectivity index (χ1) is 8.74. The maximum atomic E-state index is 12.2. The van der Waals surface area contributed by atoms with E-state index in [4.69, 9.17) is 0 Å². The fraction of sp³-hybridized carbons (Fsp3) is 0.750. The normalized spacial score (nSPS) is 24.9. The fourth-order valence-corrected chi connectivity index (χ4v) is 2.94. The molecule has 2 aliphatic heterocycles. The van der Waals surface area contributed by atoms with Gasteiger partial charge < -0.3 is 4.90 Å². The molecule has 0 spiro atoms. The number of aryl methyl sites for hydroxylation is 1.